The molecule has 0 radical (unpaired) electrons. The first-order valence-corrected chi connectivity index (χ1v) is 13.8. The fourth-order valence-corrected chi connectivity index (χ4v) is 5.01. The number of hydrogen-bond donors (Lipinski definition) is 1. The van der Waals surface area contributed by atoms with E-state index in [0.29, 0.717) is 30.2 Å². The van der Waals surface area contributed by atoms with Gasteiger partial charge in [-0.25, -0.2) is 0 Å². The Morgan fingerprint density at radius 1 is 0.889 bits per heavy atom. The van der Waals surface area contributed by atoms with E-state index in [1.165, 1.54) is 5.56 Å². The molecule has 3 aromatic carbocycles. The normalized spacial score (nSPS) is 12.1. The van der Waals surface area contributed by atoms with Gasteiger partial charge in [-0.15, -0.1) is 0 Å². The molecule has 0 heterocycles. The first-order chi connectivity index (χ1) is 17.2. The minimum absolute atomic E-state index is 0.0412. The maximum absolute atomic E-state index is 13.6. The SMILES string of the molecule is CC(C)(C)NC(=O)[C@@H](Cc1ccccc1)N(Cc1cccc(Cl)c1)C(=O)CCSCc1ccccc1. The van der Waals surface area contributed by atoms with Gasteiger partial charge >= 0.3 is 0 Å². The molecule has 0 bridgehead atoms. The maximum atomic E-state index is 13.6. The number of carbonyl (C=O) groups excluding carboxylic acids is 2. The van der Waals surface area contributed by atoms with Gasteiger partial charge in [0, 0.05) is 41.5 Å². The van der Waals surface area contributed by atoms with Crippen molar-refractivity contribution in [2.45, 2.75) is 57.5 Å². The predicted octanol–water partition coefficient (Wildman–Crippen LogP) is 6.52. The highest BCUT2D eigenvalue weighted by Crippen LogP contribution is 2.20. The fraction of sp³-hybridized carbons (Fsp3) is 0.333. The molecule has 0 aliphatic rings. The molecule has 190 valence electrons. The van der Waals surface area contributed by atoms with Gasteiger partial charge in [0.15, 0.2) is 0 Å². The molecule has 0 saturated heterocycles. The summed E-state index contributed by atoms with van der Waals surface area (Å²) in [6.07, 6.45) is 0.790. The summed E-state index contributed by atoms with van der Waals surface area (Å²) >= 11 is 7.97. The second-order valence-electron chi connectivity index (χ2n) is 9.88. The van der Waals surface area contributed by atoms with Crippen molar-refractivity contribution in [2.75, 3.05) is 5.75 Å². The van der Waals surface area contributed by atoms with Crippen LogP contribution in [0.2, 0.25) is 5.02 Å². The predicted molar refractivity (Wildman–Crippen MR) is 151 cm³/mol. The first kappa shape index (κ1) is 27.8. The van der Waals surface area contributed by atoms with E-state index in [-0.39, 0.29) is 11.8 Å². The van der Waals surface area contributed by atoms with Crippen LogP contribution in [0.5, 0.6) is 0 Å². The number of benzene rings is 3. The molecule has 3 rings (SSSR count). The van der Waals surface area contributed by atoms with E-state index >= 15 is 0 Å². The molecule has 0 aliphatic carbocycles. The lowest BCUT2D eigenvalue weighted by molar-refractivity contribution is -0.141. The second kappa shape index (κ2) is 13.5. The summed E-state index contributed by atoms with van der Waals surface area (Å²) in [5, 5.41) is 3.71. The van der Waals surface area contributed by atoms with E-state index in [2.05, 4.69) is 17.4 Å². The van der Waals surface area contributed by atoms with Crippen molar-refractivity contribution in [3.8, 4) is 0 Å². The number of nitrogens with one attached hydrogen (secondary N) is 1. The van der Waals surface area contributed by atoms with Crippen LogP contribution in [0.15, 0.2) is 84.9 Å². The van der Waals surface area contributed by atoms with E-state index in [1.54, 1.807) is 16.7 Å². The van der Waals surface area contributed by atoms with Crippen LogP contribution < -0.4 is 5.32 Å². The lowest BCUT2D eigenvalue weighted by Crippen LogP contribution is -2.54. The highest BCUT2D eigenvalue weighted by atomic mass is 35.5. The van der Waals surface area contributed by atoms with Crippen molar-refractivity contribution in [1.82, 2.24) is 10.2 Å². The van der Waals surface area contributed by atoms with Crippen LogP contribution in [0.3, 0.4) is 0 Å². The Kier molecular flexibility index (Phi) is 10.4. The third kappa shape index (κ3) is 9.36. The van der Waals surface area contributed by atoms with E-state index in [4.69, 9.17) is 11.6 Å². The number of amides is 2. The molecule has 0 spiro atoms. The number of hydrogen-bond acceptors (Lipinski definition) is 3. The molecular weight excluding hydrogens is 488 g/mol. The topological polar surface area (TPSA) is 49.4 Å². The molecule has 0 saturated carbocycles. The number of halogens is 1. The lowest BCUT2D eigenvalue weighted by atomic mass is 10.0. The summed E-state index contributed by atoms with van der Waals surface area (Å²) in [4.78, 5) is 28.9. The van der Waals surface area contributed by atoms with Gasteiger partial charge in [0.1, 0.15) is 6.04 Å². The number of rotatable bonds is 11. The van der Waals surface area contributed by atoms with Gasteiger partial charge < -0.3 is 10.2 Å². The standard InChI is InChI=1S/C30H35ClN2O2S/c1-30(2,3)32-29(35)27(20-23-11-6-4-7-12-23)33(21-25-15-10-16-26(31)19-25)28(34)17-18-36-22-24-13-8-5-9-14-24/h4-16,19,27H,17-18,20-22H2,1-3H3,(H,32,35)/t27-/m1/s1. The highest BCUT2D eigenvalue weighted by molar-refractivity contribution is 7.98. The molecule has 3 aromatic rings. The average molecular weight is 523 g/mol. The summed E-state index contributed by atoms with van der Waals surface area (Å²) < 4.78 is 0. The lowest BCUT2D eigenvalue weighted by Gasteiger charge is -2.34. The van der Waals surface area contributed by atoms with Crippen LogP contribution in [-0.2, 0) is 28.3 Å². The van der Waals surface area contributed by atoms with Gasteiger partial charge in [0.2, 0.25) is 11.8 Å². The van der Waals surface area contributed by atoms with E-state index in [1.807, 2.05) is 93.6 Å². The van der Waals surface area contributed by atoms with Crippen LogP contribution in [-0.4, -0.2) is 34.0 Å². The van der Waals surface area contributed by atoms with E-state index < -0.39 is 11.6 Å². The maximum Gasteiger partial charge on any atom is 0.243 e. The summed E-state index contributed by atoms with van der Waals surface area (Å²) in [7, 11) is 0. The molecule has 0 aromatic heterocycles. The highest BCUT2D eigenvalue weighted by Gasteiger charge is 2.32. The zero-order valence-corrected chi connectivity index (χ0v) is 22.8. The van der Waals surface area contributed by atoms with Gasteiger partial charge in [-0.2, -0.15) is 11.8 Å². The van der Waals surface area contributed by atoms with Gasteiger partial charge in [-0.1, -0.05) is 84.4 Å². The molecule has 6 heteroatoms. The quantitative estimate of drug-likeness (QED) is 0.292. The van der Waals surface area contributed by atoms with Crippen LogP contribution >= 0.6 is 23.4 Å². The van der Waals surface area contributed by atoms with Crippen molar-refractivity contribution >= 4 is 35.2 Å². The fourth-order valence-electron chi connectivity index (χ4n) is 3.91. The molecule has 1 N–H and O–H groups in total. The summed E-state index contributed by atoms with van der Waals surface area (Å²) in [6.45, 7) is 6.17. The van der Waals surface area contributed by atoms with Crippen LogP contribution in [0.1, 0.15) is 43.9 Å². The minimum atomic E-state index is -0.641. The molecule has 4 nitrogen and oxygen atoms in total. The third-order valence-electron chi connectivity index (χ3n) is 5.58. The van der Waals surface area contributed by atoms with Crippen molar-refractivity contribution in [1.29, 1.82) is 0 Å². The van der Waals surface area contributed by atoms with Gasteiger partial charge in [-0.05, 0) is 49.6 Å². The number of nitrogens with zero attached hydrogens (tertiary/aromatic N) is 1. The largest absolute Gasteiger partial charge is 0.350 e. The van der Waals surface area contributed by atoms with Crippen molar-refractivity contribution in [3.63, 3.8) is 0 Å². The summed E-state index contributed by atoms with van der Waals surface area (Å²) in [5.74, 6) is 1.33. The monoisotopic (exact) mass is 522 g/mol. The molecule has 0 unspecified atom stereocenters. The Bertz CT molecular complexity index is 1120. The molecule has 36 heavy (non-hydrogen) atoms. The second-order valence-corrected chi connectivity index (χ2v) is 11.4. The van der Waals surface area contributed by atoms with Gasteiger partial charge in [0.05, 0.1) is 0 Å². The van der Waals surface area contributed by atoms with Gasteiger partial charge in [0.25, 0.3) is 0 Å². The Hall–Kier alpha value is -2.76. The van der Waals surface area contributed by atoms with Crippen LogP contribution in [0.25, 0.3) is 0 Å². The first-order valence-electron chi connectivity index (χ1n) is 12.2. The molecule has 2 amide bonds. The minimum Gasteiger partial charge on any atom is -0.350 e. The molecule has 0 aliphatic heterocycles. The zero-order chi connectivity index (χ0) is 26.0. The Morgan fingerprint density at radius 2 is 1.50 bits per heavy atom. The van der Waals surface area contributed by atoms with Crippen molar-refractivity contribution in [2.24, 2.45) is 0 Å². The van der Waals surface area contributed by atoms with E-state index in [0.717, 1.165) is 16.9 Å². The van der Waals surface area contributed by atoms with Crippen LogP contribution in [0, 0.1) is 0 Å². The Balaban J connectivity index is 1.82. The average Bonchev–Trinajstić information content (AvgIpc) is 2.84. The summed E-state index contributed by atoms with van der Waals surface area (Å²) in [6, 6.07) is 26.9. The Labute approximate surface area is 224 Å². The number of thioether (sulfide) groups is 1. The van der Waals surface area contributed by atoms with Gasteiger partial charge in [-0.3, -0.25) is 9.59 Å². The van der Waals surface area contributed by atoms with Crippen LogP contribution in [0.4, 0.5) is 0 Å². The molecular formula is C30H35ClN2O2S. The molecule has 1 atom stereocenters. The van der Waals surface area contributed by atoms with Crippen molar-refractivity contribution < 1.29 is 9.59 Å². The number of carbonyl (C=O) groups is 2. The Morgan fingerprint density at radius 3 is 2.11 bits per heavy atom. The third-order valence-corrected chi connectivity index (χ3v) is 6.85. The summed E-state index contributed by atoms with van der Waals surface area (Å²) in [5.41, 5.74) is 2.73. The molecule has 0 fully saturated rings. The zero-order valence-electron chi connectivity index (χ0n) is 21.2. The smallest absolute Gasteiger partial charge is 0.243 e. The van der Waals surface area contributed by atoms with Crippen molar-refractivity contribution in [3.05, 3.63) is 107 Å². The van der Waals surface area contributed by atoms with E-state index in [9.17, 15) is 9.59 Å².